The predicted octanol–water partition coefficient (Wildman–Crippen LogP) is 3.73. The van der Waals surface area contributed by atoms with E-state index < -0.39 is 10.0 Å². The van der Waals surface area contributed by atoms with Crippen molar-refractivity contribution in [1.82, 2.24) is 4.31 Å². The molecule has 0 saturated carbocycles. The quantitative estimate of drug-likeness (QED) is 0.881. The number of aryl methyl sites for hydroxylation is 1. The summed E-state index contributed by atoms with van der Waals surface area (Å²) in [6.07, 6.45) is 1.79. The van der Waals surface area contributed by atoms with E-state index >= 15 is 0 Å². The molecule has 2 aromatic rings. The number of amides is 1. The van der Waals surface area contributed by atoms with Crippen molar-refractivity contribution in [2.45, 2.75) is 31.6 Å². The van der Waals surface area contributed by atoms with Gasteiger partial charge in [0, 0.05) is 29.0 Å². The number of piperidine rings is 1. The maximum atomic E-state index is 12.7. The molecule has 1 aliphatic heterocycles. The van der Waals surface area contributed by atoms with Gasteiger partial charge in [-0.15, -0.1) is 11.3 Å². The van der Waals surface area contributed by atoms with Crippen molar-refractivity contribution in [1.29, 1.82) is 0 Å². The van der Waals surface area contributed by atoms with Crippen LogP contribution < -0.4 is 5.32 Å². The van der Waals surface area contributed by atoms with E-state index in [2.05, 4.69) is 12.2 Å². The molecule has 0 spiro atoms. The Kier molecular flexibility index (Phi) is 5.27. The molecule has 134 valence electrons. The van der Waals surface area contributed by atoms with Crippen LogP contribution in [0.4, 0.5) is 5.69 Å². The second-order valence-corrected chi connectivity index (χ2v) is 9.56. The van der Waals surface area contributed by atoms with Gasteiger partial charge in [0.2, 0.25) is 10.0 Å². The minimum Gasteiger partial charge on any atom is -0.322 e. The lowest BCUT2D eigenvalue weighted by Crippen LogP contribution is -2.37. The monoisotopic (exact) mass is 378 g/mol. The van der Waals surface area contributed by atoms with E-state index in [1.807, 2.05) is 13.0 Å². The Labute approximate surface area is 152 Å². The van der Waals surface area contributed by atoms with Crippen molar-refractivity contribution in [2.24, 2.45) is 5.92 Å². The summed E-state index contributed by atoms with van der Waals surface area (Å²) in [4.78, 5) is 13.5. The Morgan fingerprint density at radius 3 is 2.40 bits per heavy atom. The standard InChI is InChI=1S/C18H22N2O3S2/c1-13-7-9-20(10-8-13)25(22,23)17-5-3-16(4-6-17)19-18(21)15-11-14(2)24-12-15/h3-6,11-13H,7-10H2,1-2H3,(H,19,21). The molecule has 0 aliphatic carbocycles. The third-order valence-electron chi connectivity index (χ3n) is 4.49. The van der Waals surface area contributed by atoms with Crippen LogP contribution in [0.2, 0.25) is 0 Å². The summed E-state index contributed by atoms with van der Waals surface area (Å²) in [7, 11) is -3.46. The highest BCUT2D eigenvalue weighted by Gasteiger charge is 2.27. The van der Waals surface area contributed by atoms with Gasteiger partial charge < -0.3 is 5.32 Å². The number of benzene rings is 1. The Balaban J connectivity index is 1.70. The van der Waals surface area contributed by atoms with E-state index in [0.717, 1.165) is 17.7 Å². The van der Waals surface area contributed by atoms with Gasteiger partial charge in [-0.2, -0.15) is 4.31 Å². The van der Waals surface area contributed by atoms with Crippen molar-refractivity contribution in [2.75, 3.05) is 18.4 Å². The van der Waals surface area contributed by atoms with Gasteiger partial charge in [-0.3, -0.25) is 4.79 Å². The minimum atomic E-state index is -3.46. The molecule has 7 heteroatoms. The van der Waals surface area contributed by atoms with Crippen LogP contribution in [0.15, 0.2) is 40.6 Å². The lowest BCUT2D eigenvalue weighted by Gasteiger charge is -2.29. The Hall–Kier alpha value is -1.70. The highest BCUT2D eigenvalue weighted by Crippen LogP contribution is 2.24. The van der Waals surface area contributed by atoms with Crippen LogP contribution >= 0.6 is 11.3 Å². The Bertz CT molecular complexity index is 849. The molecule has 1 N–H and O–H groups in total. The normalized spacial score (nSPS) is 16.7. The average molecular weight is 379 g/mol. The second kappa shape index (κ2) is 7.27. The topological polar surface area (TPSA) is 66.5 Å². The van der Waals surface area contributed by atoms with Crippen LogP contribution in [0.3, 0.4) is 0 Å². The molecule has 3 rings (SSSR count). The summed E-state index contributed by atoms with van der Waals surface area (Å²) in [5.41, 5.74) is 1.20. The van der Waals surface area contributed by atoms with Crippen LogP contribution in [0.1, 0.15) is 35.0 Å². The largest absolute Gasteiger partial charge is 0.322 e. The molecular weight excluding hydrogens is 356 g/mol. The third-order valence-corrected chi connectivity index (χ3v) is 7.26. The Morgan fingerprint density at radius 1 is 1.20 bits per heavy atom. The van der Waals surface area contributed by atoms with Gasteiger partial charge in [0.05, 0.1) is 10.5 Å². The average Bonchev–Trinajstić information content (AvgIpc) is 3.02. The molecule has 5 nitrogen and oxygen atoms in total. The third kappa shape index (κ3) is 4.11. The molecule has 2 heterocycles. The van der Waals surface area contributed by atoms with Crippen LogP contribution in [0.25, 0.3) is 0 Å². The molecule has 1 aliphatic rings. The first-order valence-corrected chi connectivity index (χ1v) is 10.6. The van der Waals surface area contributed by atoms with Gasteiger partial charge in [-0.25, -0.2) is 8.42 Å². The summed E-state index contributed by atoms with van der Waals surface area (Å²) in [6, 6.07) is 8.22. The summed E-state index contributed by atoms with van der Waals surface area (Å²) in [5, 5.41) is 4.60. The van der Waals surface area contributed by atoms with Gasteiger partial charge >= 0.3 is 0 Å². The molecule has 1 saturated heterocycles. The van der Waals surface area contributed by atoms with Crippen molar-refractivity contribution in [3.63, 3.8) is 0 Å². The zero-order valence-electron chi connectivity index (χ0n) is 14.4. The first-order valence-electron chi connectivity index (χ1n) is 8.33. The number of sulfonamides is 1. The Morgan fingerprint density at radius 2 is 1.84 bits per heavy atom. The van der Waals surface area contributed by atoms with E-state index in [1.165, 1.54) is 11.3 Å². The number of rotatable bonds is 4. The SMILES string of the molecule is Cc1cc(C(=O)Nc2ccc(S(=O)(=O)N3CCC(C)CC3)cc2)cs1. The highest BCUT2D eigenvalue weighted by molar-refractivity contribution is 7.89. The van der Waals surface area contributed by atoms with E-state index in [4.69, 9.17) is 0 Å². The number of hydrogen-bond acceptors (Lipinski definition) is 4. The molecule has 0 radical (unpaired) electrons. The maximum absolute atomic E-state index is 12.7. The number of thiophene rings is 1. The number of anilines is 1. The maximum Gasteiger partial charge on any atom is 0.256 e. The van der Waals surface area contributed by atoms with E-state index in [9.17, 15) is 13.2 Å². The molecule has 1 aromatic carbocycles. The molecule has 0 atom stereocenters. The number of carbonyl (C=O) groups is 1. The van der Waals surface area contributed by atoms with Gasteiger partial charge in [-0.05, 0) is 56.0 Å². The zero-order chi connectivity index (χ0) is 18.0. The summed E-state index contributed by atoms with van der Waals surface area (Å²) >= 11 is 1.52. The van der Waals surface area contributed by atoms with Crippen LogP contribution in [-0.2, 0) is 10.0 Å². The van der Waals surface area contributed by atoms with Crippen LogP contribution in [0.5, 0.6) is 0 Å². The fourth-order valence-corrected chi connectivity index (χ4v) is 5.00. The van der Waals surface area contributed by atoms with Gasteiger partial charge in [0.15, 0.2) is 0 Å². The van der Waals surface area contributed by atoms with Crippen molar-refractivity contribution in [3.8, 4) is 0 Å². The zero-order valence-corrected chi connectivity index (χ0v) is 16.0. The number of nitrogens with zero attached hydrogens (tertiary/aromatic N) is 1. The molecule has 1 fully saturated rings. The highest BCUT2D eigenvalue weighted by atomic mass is 32.2. The minimum absolute atomic E-state index is 0.190. The smallest absolute Gasteiger partial charge is 0.256 e. The molecule has 0 unspecified atom stereocenters. The van der Waals surface area contributed by atoms with E-state index in [1.54, 1.807) is 34.0 Å². The lowest BCUT2D eigenvalue weighted by atomic mass is 10.0. The summed E-state index contributed by atoms with van der Waals surface area (Å²) in [5.74, 6) is 0.384. The fraction of sp³-hybridized carbons (Fsp3) is 0.389. The van der Waals surface area contributed by atoms with Crippen molar-refractivity contribution < 1.29 is 13.2 Å². The second-order valence-electron chi connectivity index (χ2n) is 6.51. The molecule has 25 heavy (non-hydrogen) atoms. The first-order chi connectivity index (χ1) is 11.9. The fourth-order valence-electron chi connectivity index (χ4n) is 2.85. The first kappa shape index (κ1) is 18.1. The lowest BCUT2D eigenvalue weighted by molar-refractivity contribution is 0.102. The van der Waals surface area contributed by atoms with Crippen LogP contribution in [0, 0.1) is 12.8 Å². The number of nitrogens with one attached hydrogen (secondary N) is 1. The molecule has 1 amide bonds. The van der Waals surface area contributed by atoms with E-state index in [-0.39, 0.29) is 10.8 Å². The summed E-state index contributed by atoms with van der Waals surface area (Å²) < 4.78 is 26.9. The summed E-state index contributed by atoms with van der Waals surface area (Å²) in [6.45, 7) is 5.23. The van der Waals surface area contributed by atoms with Gasteiger partial charge in [0.1, 0.15) is 0 Å². The predicted molar refractivity (Wildman–Crippen MR) is 101 cm³/mol. The van der Waals surface area contributed by atoms with Crippen molar-refractivity contribution in [3.05, 3.63) is 46.2 Å². The molecule has 1 aromatic heterocycles. The van der Waals surface area contributed by atoms with Crippen LogP contribution in [-0.4, -0.2) is 31.7 Å². The number of carbonyl (C=O) groups excluding carboxylic acids is 1. The number of hydrogen-bond donors (Lipinski definition) is 1. The van der Waals surface area contributed by atoms with Crippen molar-refractivity contribution >= 4 is 33.0 Å². The molecular formula is C18H22N2O3S2. The molecule has 0 bridgehead atoms. The van der Waals surface area contributed by atoms with Gasteiger partial charge in [0.25, 0.3) is 5.91 Å². The van der Waals surface area contributed by atoms with E-state index in [0.29, 0.717) is 30.3 Å². The van der Waals surface area contributed by atoms with Gasteiger partial charge in [-0.1, -0.05) is 6.92 Å².